The van der Waals surface area contributed by atoms with Crippen molar-refractivity contribution < 1.29 is 9.47 Å². The molecule has 6 nitrogen and oxygen atoms in total. The fourth-order valence-electron chi connectivity index (χ4n) is 3.35. The van der Waals surface area contributed by atoms with Gasteiger partial charge in [-0.2, -0.15) is 9.78 Å². The van der Waals surface area contributed by atoms with Gasteiger partial charge in [0.2, 0.25) is 0 Å². The molecule has 8 heteroatoms. The quantitative estimate of drug-likeness (QED) is 0.257. The van der Waals surface area contributed by atoms with E-state index in [2.05, 4.69) is 41.9 Å². The Balaban J connectivity index is 1.72. The van der Waals surface area contributed by atoms with E-state index in [9.17, 15) is 4.79 Å². The van der Waals surface area contributed by atoms with Crippen LogP contribution in [0, 0.1) is 0 Å². The molecule has 1 aromatic heterocycles. The third-order valence-electron chi connectivity index (χ3n) is 5.03. The van der Waals surface area contributed by atoms with Gasteiger partial charge in [0.25, 0.3) is 5.56 Å². The minimum Gasteiger partial charge on any atom is -0.493 e. The van der Waals surface area contributed by atoms with Crippen LogP contribution in [0.15, 0.2) is 79.5 Å². The van der Waals surface area contributed by atoms with Crippen LogP contribution in [0.4, 0.5) is 0 Å². The molecule has 168 valence electrons. The molecule has 0 aliphatic heterocycles. The van der Waals surface area contributed by atoms with E-state index in [0.29, 0.717) is 46.8 Å². The van der Waals surface area contributed by atoms with Crippen LogP contribution in [0.5, 0.6) is 11.5 Å². The molecule has 0 saturated carbocycles. The molecule has 0 saturated heterocycles. The van der Waals surface area contributed by atoms with E-state index in [1.54, 1.807) is 19.4 Å². The number of ether oxygens (including phenoxy) is 2. The van der Waals surface area contributed by atoms with Crippen LogP contribution in [0.3, 0.4) is 0 Å². The highest BCUT2D eigenvalue weighted by Gasteiger charge is 2.12. The summed E-state index contributed by atoms with van der Waals surface area (Å²) in [6, 6.07) is 18.9. The van der Waals surface area contributed by atoms with Crippen LogP contribution in [0.1, 0.15) is 23.9 Å². The number of rotatable bonds is 7. The van der Waals surface area contributed by atoms with E-state index in [1.807, 2.05) is 61.5 Å². The molecule has 1 heterocycles. The maximum atomic E-state index is 13.2. The van der Waals surface area contributed by atoms with Gasteiger partial charge in [0.1, 0.15) is 12.4 Å². The predicted octanol–water partition coefficient (Wildman–Crippen LogP) is 5.95. The van der Waals surface area contributed by atoms with Gasteiger partial charge >= 0.3 is 0 Å². The zero-order valence-corrected chi connectivity index (χ0v) is 21.3. The Labute approximate surface area is 208 Å². The van der Waals surface area contributed by atoms with E-state index < -0.39 is 0 Å². The van der Waals surface area contributed by atoms with E-state index in [1.165, 1.54) is 4.68 Å². The maximum Gasteiger partial charge on any atom is 0.282 e. The van der Waals surface area contributed by atoms with Crippen LogP contribution in [0.25, 0.3) is 10.9 Å². The second kappa shape index (κ2) is 10.3. The minimum atomic E-state index is -0.227. The molecule has 0 unspecified atom stereocenters. The minimum absolute atomic E-state index is 0.227. The summed E-state index contributed by atoms with van der Waals surface area (Å²) in [6.07, 6.45) is 2.16. The maximum absolute atomic E-state index is 13.2. The van der Waals surface area contributed by atoms with Gasteiger partial charge in [-0.3, -0.25) is 4.79 Å². The summed E-state index contributed by atoms with van der Waals surface area (Å²) in [5.41, 5.74) is 2.12. The number of hydrogen-bond donors (Lipinski definition) is 0. The Kier molecular flexibility index (Phi) is 7.25. The first-order valence-corrected chi connectivity index (χ1v) is 11.9. The number of fused-ring (bicyclic) bond motifs is 1. The van der Waals surface area contributed by atoms with Gasteiger partial charge in [0.05, 0.1) is 24.2 Å². The molecule has 0 amide bonds. The fraction of sp³-hybridized carbons (Fsp3) is 0.160. The predicted molar refractivity (Wildman–Crippen MR) is 138 cm³/mol. The highest BCUT2D eigenvalue weighted by molar-refractivity contribution is 9.10. The van der Waals surface area contributed by atoms with Gasteiger partial charge in [0.15, 0.2) is 11.5 Å². The van der Waals surface area contributed by atoms with Gasteiger partial charge in [-0.05, 0) is 48.0 Å². The lowest BCUT2D eigenvalue weighted by Gasteiger charge is -2.13. The van der Waals surface area contributed by atoms with Crippen molar-refractivity contribution in [3.05, 3.63) is 96.9 Å². The van der Waals surface area contributed by atoms with Gasteiger partial charge in [-0.15, -0.1) is 0 Å². The number of aryl methyl sites for hydroxylation is 1. The van der Waals surface area contributed by atoms with Gasteiger partial charge < -0.3 is 9.47 Å². The lowest BCUT2D eigenvalue weighted by Crippen LogP contribution is -2.22. The summed E-state index contributed by atoms with van der Waals surface area (Å²) >= 11 is 6.86. The Bertz CT molecular complexity index is 1380. The van der Waals surface area contributed by atoms with Crippen molar-refractivity contribution in [2.75, 3.05) is 7.11 Å². The number of halogens is 2. The summed E-state index contributed by atoms with van der Waals surface area (Å²) < 4.78 is 14.8. The van der Waals surface area contributed by atoms with Crippen molar-refractivity contribution >= 4 is 49.0 Å². The summed E-state index contributed by atoms with van der Waals surface area (Å²) in [5.74, 6) is 1.71. The first-order chi connectivity index (χ1) is 16.0. The Hall–Kier alpha value is -2.97. The lowest BCUT2D eigenvalue weighted by atomic mass is 10.2. The second-order valence-corrected chi connectivity index (χ2v) is 9.03. The summed E-state index contributed by atoms with van der Waals surface area (Å²) in [5, 5.41) is 4.99. The Morgan fingerprint density at radius 1 is 1.06 bits per heavy atom. The third-order valence-corrected chi connectivity index (χ3v) is 6.05. The van der Waals surface area contributed by atoms with Crippen LogP contribution >= 0.6 is 31.9 Å². The van der Waals surface area contributed by atoms with E-state index in [4.69, 9.17) is 9.47 Å². The summed E-state index contributed by atoms with van der Waals surface area (Å²) in [4.78, 5) is 17.8. The molecule has 4 rings (SSSR count). The molecule has 3 aromatic carbocycles. The Morgan fingerprint density at radius 3 is 2.55 bits per heavy atom. The van der Waals surface area contributed by atoms with E-state index in [0.717, 1.165) is 14.5 Å². The van der Waals surface area contributed by atoms with Crippen molar-refractivity contribution in [3.8, 4) is 11.5 Å². The summed E-state index contributed by atoms with van der Waals surface area (Å²) in [7, 11) is 1.59. The molecule has 4 aromatic rings. The van der Waals surface area contributed by atoms with Crippen molar-refractivity contribution in [2.45, 2.75) is 20.0 Å². The van der Waals surface area contributed by atoms with Crippen molar-refractivity contribution in [1.29, 1.82) is 0 Å². The van der Waals surface area contributed by atoms with E-state index >= 15 is 0 Å². The van der Waals surface area contributed by atoms with Gasteiger partial charge in [-0.25, -0.2) is 4.98 Å². The number of methoxy groups -OCH3 is 1. The number of para-hydroxylation sites is 1. The molecule has 33 heavy (non-hydrogen) atoms. The molecule has 0 bridgehead atoms. The number of aromatic nitrogens is 2. The topological polar surface area (TPSA) is 65.7 Å². The highest BCUT2D eigenvalue weighted by atomic mass is 79.9. The monoisotopic (exact) mass is 569 g/mol. The molecule has 0 N–H and O–H groups in total. The molecule has 0 aliphatic rings. The average molecular weight is 571 g/mol. The van der Waals surface area contributed by atoms with Crippen LogP contribution in [0.2, 0.25) is 0 Å². The smallest absolute Gasteiger partial charge is 0.282 e. The lowest BCUT2D eigenvalue weighted by molar-refractivity contribution is 0.284. The van der Waals surface area contributed by atoms with Crippen LogP contribution in [-0.4, -0.2) is 23.0 Å². The number of benzene rings is 3. The van der Waals surface area contributed by atoms with E-state index in [-0.39, 0.29) is 5.56 Å². The third kappa shape index (κ3) is 5.17. The average Bonchev–Trinajstić information content (AvgIpc) is 2.83. The number of hydrogen-bond acceptors (Lipinski definition) is 5. The first-order valence-electron chi connectivity index (χ1n) is 10.3. The Morgan fingerprint density at radius 2 is 1.82 bits per heavy atom. The van der Waals surface area contributed by atoms with Crippen molar-refractivity contribution in [3.63, 3.8) is 0 Å². The molecule has 0 fully saturated rings. The zero-order chi connectivity index (χ0) is 23.4. The summed E-state index contributed by atoms with van der Waals surface area (Å²) in [6.45, 7) is 2.30. The molecule has 0 aliphatic carbocycles. The number of nitrogens with zero attached hydrogens (tertiary/aromatic N) is 3. The zero-order valence-electron chi connectivity index (χ0n) is 18.1. The molecular formula is C25H21Br2N3O3. The van der Waals surface area contributed by atoms with Gasteiger partial charge in [-0.1, -0.05) is 57.0 Å². The van der Waals surface area contributed by atoms with Crippen LogP contribution in [-0.2, 0) is 13.0 Å². The van der Waals surface area contributed by atoms with Crippen LogP contribution < -0.4 is 15.0 Å². The SMILES string of the molecule is CCc1nc2ccc(Br)cc2c(=O)n1N=Cc1cccc(OC)c1OCc1ccc(Br)cc1. The van der Waals surface area contributed by atoms with Crippen molar-refractivity contribution in [2.24, 2.45) is 5.10 Å². The molecule has 0 radical (unpaired) electrons. The normalized spacial score (nSPS) is 11.3. The first kappa shape index (κ1) is 23.2. The van der Waals surface area contributed by atoms with Crippen molar-refractivity contribution in [1.82, 2.24) is 9.66 Å². The molecule has 0 spiro atoms. The standard InChI is InChI=1S/C25H21Br2N3O3/c1-3-23-29-21-12-11-19(27)13-20(21)25(31)30(23)28-14-17-5-4-6-22(32-2)24(17)33-15-16-7-9-18(26)10-8-16/h4-14H,3,15H2,1-2H3. The molecular weight excluding hydrogens is 550 g/mol. The molecule has 0 atom stereocenters. The fourth-order valence-corrected chi connectivity index (χ4v) is 3.97. The second-order valence-electron chi connectivity index (χ2n) is 7.20. The highest BCUT2D eigenvalue weighted by Crippen LogP contribution is 2.31. The van der Waals surface area contributed by atoms with Gasteiger partial charge in [0, 0.05) is 20.9 Å². The largest absolute Gasteiger partial charge is 0.493 e.